The number of thiophene rings is 1. The number of nitriles is 1. The van der Waals surface area contributed by atoms with Gasteiger partial charge >= 0.3 is 0 Å². The summed E-state index contributed by atoms with van der Waals surface area (Å²) >= 11 is 1.47. The number of amides is 1. The number of hydrogen-bond donors (Lipinski definition) is 0. The SMILES string of the molecule is C[C@H]1[C@H](N(C#N)C(=O)c2ccc(-c3ccccc3)s2)C2CCN1CC2. The van der Waals surface area contributed by atoms with Crippen LogP contribution in [0.1, 0.15) is 29.4 Å². The Morgan fingerprint density at radius 1 is 1.20 bits per heavy atom. The van der Waals surface area contributed by atoms with Crippen molar-refractivity contribution in [2.24, 2.45) is 5.92 Å². The average Bonchev–Trinajstić information content (AvgIpc) is 3.16. The summed E-state index contributed by atoms with van der Waals surface area (Å²) in [4.78, 5) is 18.6. The van der Waals surface area contributed by atoms with Crippen LogP contribution in [0.5, 0.6) is 0 Å². The molecule has 0 spiro atoms. The van der Waals surface area contributed by atoms with Gasteiger partial charge in [-0.05, 0) is 56.5 Å². The number of piperidine rings is 3. The summed E-state index contributed by atoms with van der Waals surface area (Å²) in [6.07, 6.45) is 4.37. The molecule has 3 aliphatic rings. The molecule has 2 atom stereocenters. The van der Waals surface area contributed by atoms with Crippen molar-refractivity contribution in [3.63, 3.8) is 0 Å². The van der Waals surface area contributed by atoms with Gasteiger partial charge in [-0.3, -0.25) is 9.69 Å². The number of hydrogen-bond acceptors (Lipinski definition) is 4. The molecule has 1 amide bonds. The van der Waals surface area contributed by atoms with Gasteiger partial charge in [0.2, 0.25) is 0 Å². The monoisotopic (exact) mass is 351 g/mol. The van der Waals surface area contributed by atoms with Crippen molar-refractivity contribution in [1.29, 1.82) is 5.26 Å². The van der Waals surface area contributed by atoms with Crippen molar-refractivity contribution in [2.75, 3.05) is 13.1 Å². The predicted molar refractivity (Wildman–Crippen MR) is 99.1 cm³/mol. The molecule has 0 N–H and O–H groups in total. The van der Waals surface area contributed by atoms with E-state index < -0.39 is 0 Å². The minimum atomic E-state index is -0.153. The van der Waals surface area contributed by atoms with Gasteiger partial charge in [-0.25, -0.2) is 4.90 Å². The Hall–Kier alpha value is -2.16. The smallest absolute Gasteiger partial charge is 0.277 e. The van der Waals surface area contributed by atoms with E-state index in [4.69, 9.17) is 0 Å². The molecule has 0 radical (unpaired) electrons. The Kier molecular flexibility index (Phi) is 4.32. The maximum atomic E-state index is 13.0. The quantitative estimate of drug-likeness (QED) is 0.624. The van der Waals surface area contributed by atoms with E-state index in [2.05, 4.69) is 18.0 Å². The second-order valence-corrected chi connectivity index (χ2v) is 7.99. The van der Waals surface area contributed by atoms with Gasteiger partial charge < -0.3 is 0 Å². The molecule has 3 fully saturated rings. The number of benzene rings is 1. The van der Waals surface area contributed by atoms with Crippen molar-refractivity contribution >= 4 is 17.2 Å². The third kappa shape index (κ3) is 2.86. The highest BCUT2D eigenvalue weighted by Crippen LogP contribution is 2.36. The molecule has 1 aromatic heterocycles. The van der Waals surface area contributed by atoms with Crippen LogP contribution >= 0.6 is 11.3 Å². The van der Waals surface area contributed by atoms with Gasteiger partial charge in [0.05, 0.1) is 10.9 Å². The lowest BCUT2D eigenvalue weighted by atomic mass is 9.78. The highest BCUT2D eigenvalue weighted by Gasteiger charge is 2.45. The van der Waals surface area contributed by atoms with E-state index >= 15 is 0 Å². The number of carbonyl (C=O) groups is 1. The molecule has 3 aliphatic heterocycles. The standard InChI is InChI=1S/C20H21N3OS/c1-14-19(16-9-11-22(14)12-10-16)23(13-21)20(24)18-8-7-17(25-18)15-5-3-2-4-6-15/h2-8,14,16,19H,9-12H2,1H3/t14-,19-/m0/s1. The lowest BCUT2D eigenvalue weighted by Crippen LogP contribution is -2.62. The van der Waals surface area contributed by atoms with E-state index in [1.165, 1.54) is 16.2 Å². The largest absolute Gasteiger partial charge is 0.299 e. The van der Waals surface area contributed by atoms with Crippen molar-refractivity contribution in [2.45, 2.75) is 31.8 Å². The van der Waals surface area contributed by atoms with Crippen molar-refractivity contribution in [1.82, 2.24) is 9.80 Å². The first-order chi connectivity index (χ1) is 12.2. The minimum Gasteiger partial charge on any atom is -0.299 e. The molecule has 5 heteroatoms. The van der Waals surface area contributed by atoms with Crippen molar-refractivity contribution < 1.29 is 4.79 Å². The summed E-state index contributed by atoms with van der Waals surface area (Å²) in [6.45, 7) is 4.33. The average molecular weight is 351 g/mol. The Morgan fingerprint density at radius 2 is 1.92 bits per heavy atom. The van der Waals surface area contributed by atoms with Crippen molar-refractivity contribution in [3.05, 3.63) is 47.3 Å². The zero-order valence-electron chi connectivity index (χ0n) is 14.3. The molecule has 3 saturated heterocycles. The zero-order chi connectivity index (χ0) is 17.4. The number of fused-ring (bicyclic) bond motifs is 3. The summed E-state index contributed by atoms with van der Waals surface area (Å²) in [5.41, 5.74) is 1.10. The summed E-state index contributed by atoms with van der Waals surface area (Å²) < 4.78 is 0. The van der Waals surface area contributed by atoms with Crippen LogP contribution in [0.25, 0.3) is 10.4 Å². The molecule has 1 aromatic carbocycles. The first kappa shape index (κ1) is 16.3. The normalized spacial score (nSPS) is 27.7. The molecule has 128 valence electrons. The highest BCUT2D eigenvalue weighted by atomic mass is 32.1. The first-order valence-electron chi connectivity index (χ1n) is 8.81. The maximum Gasteiger partial charge on any atom is 0.277 e. The maximum absolute atomic E-state index is 13.0. The lowest BCUT2D eigenvalue weighted by molar-refractivity contribution is -0.0123. The van der Waals surface area contributed by atoms with Gasteiger partial charge in [0, 0.05) is 10.9 Å². The number of carbonyl (C=O) groups excluding carboxylic acids is 1. The van der Waals surface area contributed by atoms with Crippen LogP contribution in [-0.2, 0) is 0 Å². The predicted octanol–water partition coefficient (Wildman–Crippen LogP) is 3.82. The minimum absolute atomic E-state index is 0.00211. The Bertz CT molecular complexity index is 800. The summed E-state index contributed by atoms with van der Waals surface area (Å²) in [7, 11) is 0. The van der Waals surface area contributed by atoms with E-state index in [1.54, 1.807) is 0 Å². The molecule has 2 aromatic rings. The van der Waals surface area contributed by atoms with Crippen LogP contribution in [0.3, 0.4) is 0 Å². The molecule has 2 bridgehead atoms. The van der Waals surface area contributed by atoms with Crippen LogP contribution < -0.4 is 0 Å². The topological polar surface area (TPSA) is 47.3 Å². The molecular formula is C20H21N3OS. The Labute approximate surface area is 152 Å². The fraction of sp³-hybridized carbons (Fsp3) is 0.400. The van der Waals surface area contributed by atoms with Gasteiger partial charge in [0.15, 0.2) is 6.19 Å². The molecule has 4 heterocycles. The van der Waals surface area contributed by atoms with E-state index in [0.717, 1.165) is 36.4 Å². The lowest BCUT2D eigenvalue weighted by Gasteiger charge is -2.51. The van der Waals surface area contributed by atoms with Gasteiger partial charge in [-0.1, -0.05) is 30.3 Å². The molecule has 0 unspecified atom stereocenters. The molecule has 0 saturated carbocycles. The van der Waals surface area contributed by atoms with Crippen molar-refractivity contribution in [3.8, 4) is 16.6 Å². The first-order valence-corrected chi connectivity index (χ1v) is 9.63. The summed E-state index contributed by atoms with van der Waals surface area (Å²) in [5, 5.41) is 9.72. The fourth-order valence-electron chi connectivity index (χ4n) is 4.28. The van der Waals surface area contributed by atoms with Crippen LogP contribution in [-0.4, -0.2) is 40.9 Å². The summed E-state index contributed by atoms with van der Waals surface area (Å²) in [6, 6.07) is 14.1. The van der Waals surface area contributed by atoms with Crippen LogP contribution in [0.2, 0.25) is 0 Å². The molecule has 5 rings (SSSR count). The molecule has 4 nitrogen and oxygen atoms in total. The summed E-state index contributed by atoms with van der Waals surface area (Å²) in [5.74, 6) is 0.289. The van der Waals surface area contributed by atoms with Gasteiger partial charge in [-0.15, -0.1) is 11.3 Å². The molecule has 0 aliphatic carbocycles. The molecular weight excluding hydrogens is 330 g/mol. The van der Waals surface area contributed by atoms with Gasteiger partial charge in [0.1, 0.15) is 0 Å². The molecule has 25 heavy (non-hydrogen) atoms. The van der Waals surface area contributed by atoms with Crippen LogP contribution in [0.15, 0.2) is 42.5 Å². The van der Waals surface area contributed by atoms with Gasteiger partial charge in [-0.2, -0.15) is 5.26 Å². The van der Waals surface area contributed by atoms with Crippen LogP contribution in [0.4, 0.5) is 0 Å². The van der Waals surface area contributed by atoms with E-state index in [-0.39, 0.29) is 18.0 Å². The zero-order valence-corrected chi connectivity index (χ0v) is 15.1. The third-order valence-electron chi connectivity index (χ3n) is 5.63. The van der Waals surface area contributed by atoms with Gasteiger partial charge in [0.25, 0.3) is 5.91 Å². The third-order valence-corrected chi connectivity index (χ3v) is 6.75. The number of nitrogens with zero attached hydrogens (tertiary/aromatic N) is 3. The highest BCUT2D eigenvalue weighted by molar-refractivity contribution is 7.17. The van der Waals surface area contributed by atoms with E-state index in [0.29, 0.717) is 10.8 Å². The Balaban J connectivity index is 1.59. The fourth-order valence-corrected chi connectivity index (χ4v) is 5.23. The second kappa shape index (κ2) is 6.62. The number of rotatable bonds is 3. The Morgan fingerprint density at radius 3 is 2.56 bits per heavy atom. The van der Waals surface area contributed by atoms with Crippen LogP contribution in [0, 0.1) is 17.4 Å². The second-order valence-electron chi connectivity index (χ2n) is 6.91. The van der Waals surface area contributed by atoms with E-state index in [9.17, 15) is 10.1 Å². The van der Waals surface area contributed by atoms with E-state index in [1.807, 2.05) is 42.5 Å².